The lowest BCUT2D eigenvalue weighted by Crippen LogP contribution is -2.52. The van der Waals surface area contributed by atoms with Crippen LogP contribution in [0.2, 0.25) is 0 Å². The molecule has 0 aliphatic heterocycles. The number of aromatic hydroxyl groups is 2. The van der Waals surface area contributed by atoms with Crippen molar-refractivity contribution in [3.8, 4) is 11.5 Å². The molecule has 0 amide bonds. The molecule has 32 heavy (non-hydrogen) atoms. The van der Waals surface area contributed by atoms with Crippen molar-refractivity contribution in [1.29, 1.82) is 0 Å². The highest BCUT2D eigenvalue weighted by Gasteiger charge is 2.56. The van der Waals surface area contributed by atoms with Crippen LogP contribution in [-0.4, -0.2) is 10.2 Å². The second kappa shape index (κ2) is 6.05. The fourth-order valence-corrected chi connectivity index (χ4v) is 11.1. The van der Waals surface area contributed by atoms with E-state index in [-0.39, 0.29) is 11.5 Å². The maximum Gasteiger partial charge on any atom is 0.165 e. The largest absolute Gasteiger partial charge is 0.504 e. The molecule has 0 radical (unpaired) electrons. The van der Waals surface area contributed by atoms with Gasteiger partial charge in [-0.1, -0.05) is 12.1 Å². The maximum absolute atomic E-state index is 10.8. The summed E-state index contributed by atoms with van der Waals surface area (Å²) in [6.45, 7) is 0. The van der Waals surface area contributed by atoms with Gasteiger partial charge in [-0.25, -0.2) is 0 Å². The Labute approximate surface area is 191 Å². The molecule has 0 saturated heterocycles. The second-order valence-corrected chi connectivity index (χ2v) is 13.4. The van der Waals surface area contributed by atoms with Gasteiger partial charge in [-0.05, 0) is 152 Å². The summed E-state index contributed by atoms with van der Waals surface area (Å²) in [5.41, 5.74) is 3.97. The molecule has 8 saturated carbocycles. The van der Waals surface area contributed by atoms with Crippen molar-refractivity contribution in [3.63, 3.8) is 0 Å². The van der Waals surface area contributed by atoms with Gasteiger partial charge in [0.05, 0.1) is 0 Å². The smallest absolute Gasteiger partial charge is 0.165 e. The third kappa shape index (κ3) is 2.42. The molecule has 0 aromatic heterocycles. The van der Waals surface area contributed by atoms with Gasteiger partial charge in [0.25, 0.3) is 0 Å². The molecule has 0 heterocycles. The zero-order chi connectivity index (χ0) is 21.2. The Hall–Kier alpha value is -1.70. The van der Waals surface area contributed by atoms with Gasteiger partial charge in [0, 0.05) is 5.39 Å². The van der Waals surface area contributed by atoms with E-state index in [0.717, 1.165) is 46.3 Å². The van der Waals surface area contributed by atoms with E-state index in [9.17, 15) is 10.2 Å². The van der Waals surface area contributed by atoms with Crippen molar-refractivity contribution < 1.29 is 10.2 Å². The van der Waals surface area contributed by atoms with Crippen molar-refractivity contribution in [3.05, 3.63) is 35.4 Å². The lowest BCUT2D eigenvalue weighted by atomic mass is 9.44. The predicted molar refractivity (Wildman–Crippen MR) is 127 cm³/mol. The normalized spacial score (nSPS) is 45.8. The van der Waals surface area contributed by atoms with Crippen molar-refractivity contribution in [1.82, 2.24) is 0 Å². The number of phenolic OH excluding ortho intramolecular Hbond substituents is 2. The molecule has 2 N–H and O–H groups in total. The first-order chi connectivity index (χ1) is 15.5. The summed E-state index contributed by atoms with van der Waals surface area (Å²) in [6, 6.07) is 8.60. The first-order valence-electron chi connectivity index (χ1n) is 13.5. The number of hydrogen-bond donors (Lipinski definition) is 2. The topological polar surface area (TPSA) is 40.5 Å². The molecule has 8 aliphatic rings. The van der Waals surface area contributed by atoms with Crippen LogP contribution in [0.5, 0.6) is 11.5 Å². The van der Waals surface area contributed by atoms with E-state index in [2.05, 4.69) is 12.1 Å². The summed E-state index contributed by atoms with van der Waals surface area (Å²) in [4.78, 5) is 0. The van der Waals surface area contributed by atoms with Gasteiger partial charge in [0.15, 0.2) is 11.5 Å². The summed E-state index contributed by atoms with van der Waals surface area (Å²) in [5.74, 6) is 5.68. The van der Waals surface area contributed by atoms with E-state index in [4.69, 9.17) is 0 Å². The van der Waals surface area contributed by atoms with Gasteiger partial charge in [-0.3, -0.25) is 0 Å². The number of fused-ring (bicyclic) bond motifs is 1. The third-order valence-corrected chi connectivity index (χ3v) is 11.3. The Morgan fingerprint density at radius 3 is 1.41 bits per heavy atom. The zero-order valence-electron chi connectivity index (χ0n) is 19.2. The Morgan fingerprint density at radius 1 is 0.562 bits per heavy atom. The third-order valence-electron chi connectivity index (χ3n) is 11.3. The minimum atomic E-state index is 0.0246. The van der Waals surface area contributed by atoms with E-state index in [1.165, 1.54) is 77.0 Å². The highest BCUT2D eigenvalue weighted by atomic mass is 16.3. The van der Waals surface area contributed by atoms with Crippen molar-refractivity contribution >= 4 is 10.8 Å². The molecule has 8 bridgehead atoms. The quantitative estimate of drug-likeness (QED) is 0.497. The van der Waals surface area contributed by atoms with Crippen LogP contribution >= 0.6 is 0 Å². The first-order valence-corrected chi connectivity index (χ1v) is 13.5. The highest BCUT2D eigenvalue weighted by Crippen LogP contribution is 2.66. The van der Waals surface area contributed by atoms with E-state index in [1.807, 2.05) is 6.07 Å². The van der Waals surface area contributed by atoms with Crippen molar-refractivity contribution in [2.24, 2.45) is 35.5 Å². The zero-order valence-corrected chi connectivity index (χ0v) is 19.2. The molecule has 0 unspecified atom stereocenters. The molecule has 2 aromatic carbocycles. The summed E-state index contributed by atoms with van der Waals surface area (Å²) in [7, 11) is 0. The molecule has 10 rings (SSSR count). The van der Waals surface area contributed by atoms with Gasteiger partial charge < -0.3 is 10.2 Å². The summed E-state index contributed by atoms with van der Waals surface area (Å²) in [6.07, 6.45) is 17.1. The second-order valence-electron chi connectivity index (χ2n) is 13.4. The van der Waals surface area contributed by atoms with Crippen LogP contribution < -0.4 is 0 Å². The standard InChI is InChI=1S/C30H36O2/c31-27-2-1-23-9-25(29-11-17-3-18(12-29)5-19(4-17)13-29)26(10-24(23)28(27)32)30-14-20-6-21(15-30)8-22(7-20)16-30/h1-2,9-10,17-22,31-32H,3-8,11-16H2. The van der Waals surface area contributed by atoms with Crippen molar-refractivity contribution in [2.45, 2.75) is 87.9 Å². The highest BCUT2D eigenvalue weighted by molar-refractivity contribution is 5.92. The molecule has 2 aromatic rings. The molecular weight excluding hydrogens is 392 g/mol. The fourth-order valence-electron chi connectivity index (χ4n) is 11.1. The number of benzene rings is 2. The fraction of sp³-hybridized carbons (Fsp3) is 0.667. The van der Waals surface area contributed by atoms with Gasteiger partial charge in [0.1, 0.15) is 0 Å². The Balaban J connectivity index is 1.37. The number of rotatable bonds is 2. The predicted octanol–water partition coefficient (Wildman–Crippen LogP) is 7.19. The maximum atomic E-state index is 10.8. The van der Waals surface area contributed by atoms with Crippen LogP contribution in [0.1, 0.15) is 88.2 Å². The monoisotopic (exact) mass is 428 g/mol. The summed E-state index contributed by atoms with van der Waals surface area (Å²) < 4.78 is 0. The minimum Gasteiger partial charge on any atom is -0.504 e. The summed E-state index contributed by atoms with van der Waals surface area (Å²) >= 11 is 0. The average Bonchev–Trinajstić information content (AvgIpc) is 2.74. The summed E-state index contributed by atoms with van der Waals surface area (Å²) in [5, 5.41) is 23.1. The van der Waals surface area contributed by atoms with Gasteiger partial charge in [0.2, 0.25) is 0 Å². The van der Waals surface area contributed by atoms with Crippen LogP contribution in [0.15, 0.2) is 24.3 Å². The van der Waals surface area contributed by atoms with E-state index >= 15 is 0 Å². The van der Waals surface area contributed by atoms with Crippen molar-refractivity contribution in [2.75, 3.05) is 0 Å². The first kappa shape index (κ1) is 18.7. The number of hydrogen-bond acceptors (Lipinski definition) is 2. The molecule has 2 heteroatoms. The van der Waals surface area contributed by atoms with E-state index in [0.29, 0.717) is 10.8 Å². The molecule has 168 valence electrons. The minimum absolute atomic E-state index is 0.0246. The Kier molecular flexibility index (Phi) is 3.53. The van der Waals surface area contributed by atoms with Crippen LogP contribution in [0.4, 0.5) is 0 Å². The van der Waals surface area contributed by atoms with Gasteiger partial charge >= 0.3 is 0 Å². The van der Waals surface area contributed by atoms with Crippen LogP contribution in [-0.2, 0) is 10.8 Å². The van der Waals surface area contributed by atoms with E-state index in [1.54, 1.807) is 17.2 Å². The molecule has 8 aliphatic carbocycles. The SMILES string of the molecule is Oc1ccc2cc(C34CC5CC(CC(C5)C3)C4)c(C34CC5CC(CC(C5)C3)C4)cc2c1O. The van der Waals surface area contributed by atoms with Crippen LogP contribution in [0.25, 0.3) is 10.8 Å². The van der Waals surface area contributed by atoms with Crippen LogP contribution in [0, 0.1) is 35.5 Å². The molecule has 0 atom stereocenters. The molecule has 2 nitrogen and oxygen atoms in total. The van der Waals surface area contributed by atoms with Crippen LogP contribution in [0.3, 0.4) is 0 Å². The van der Waals surface area contributed by atoms with Gasteiger partial charge in [-0.2, -0.15) is 0 Å². The Morgan fingerprint density at radius 2 is 0.969 bits per heavy atom. The lowest BCUT2D eigenvalue weighted by molar-refractivity contribution is -0.0173. The van der Waals surface area contributed by atoms with E-state index < -0.39 is 0 Å². The number of phenols is 2. The molecule has 8 fully saturated rings. The average molecular weight is 429 g/mol. The Bertz CT molecular complexity index is 1060. The lowest BCUT2D eigenvalue weighted by Gasteiger charge is -2.61. The van der Waals surface area contributed by atoms with Gasteiger partial charge in [-0.15, -0.1) is 0 Å². The molecular formula is C30H36O2. The molecule has 0 spiro atoms.